The van der Waals surface area contributed by atoms with Gasteiger partial charge < -0.3 is 5.32 Å². The predicted octanol–water partition coefficient (Wildman–Crippen LogP) is 3.24. The lowest BCUT2D eigenvalue weighted by Gasteiger charge is -2.33. The molecule has 1 aromatic rings. The zero-order valence-corrected chi connectivity index (χ0v) is 12.5. The lowest BCUT2D eigenvalue weighted by atomic mass is 9.86. The van der Waals surface area contributed by atoms with Gasteiger partial charge in [-0.15, -0.1) is 0 Å². The van der Waals surface area contributed by atoms with Crippen LogP contribution in [0.2, 0.25) is 5.02 Å². The van der Waals surface area contributed by atoms with E-state index in [4.69, 9.17) is 11.6 Å². The van der Waals surface area contributed by atoms with Crippen molar-refractivity contribution >= 4 is 11.6 Å². The molecule has 2 rings (SSSR count). The quantitative estimate of drug-likeness (QED) is 0.913. The fraction of sp³-hybridized carbons (Fsp3) is 0.786. The average Bonchev–Trinajstić information content (AvgIpc) is 2.58. The summed E-state index contributed by atoms with van der Waals surface area (Å²) in [4.78, 5) is 0. The van der Waals surface area contributed by atoms with Crippen LogP contribution in [0, 0.1) is 6.92 Å². The monoisotopic (exact) mass is 269 g/mol. The molecule has 0 bridgehead atoms. The minimum Gasteiger partial charge on any atom is -0.311 e. The van der Waals surface area contributed by atoms with Crippen LogP contribution in [0.3, 0.4) is 0 Å². The van der Waals surface area contributed by atoms with E-state index < -0.39 is 0 Å². The molecule has 1 aliphatic heterocycles. The smallest absolute Gasteiger partial charge is 0.0847 e. The second-order valence-electron chi connectivity index (χ2n) is 5.52. The summed E-state index contributed by atoms with van der Waals surface area (Å²) in [6.07, 6.45) is 7.32. The summed E-state index contributed by atoms with van der Waals surface area (Å²) >= 11 is 6.38. The van der Waals surface area contributed by atoms with Crippen molar-refractivity contribution in [2.24, 2.45) is 7.05 Å². The Bertz CT molecular complexity index is 403. The molecule has 1 fully saturated rings. The molecular formula is C14H24ClN3. The predicted molar refractivity (Wildman–Crippen MR) is 76.2 cm³/mol. The van der Waals surface area contributed by atoms with Crippen molar-refractivity contribution in [2.45, 2.75) is 57.9 Å². The molecule has 1 N–H and O–H groups in total. The molecule has 0 aliphatic carbocycles. The third-order valence-electron chi connectivity index (χ3n) is 4.28. The van der Waals surface area contributed by atoms with Gasteiger partial charge >= 0.3 is 0 Å². The van der Waals surface area contributed by atoms with E-state index in [2.05, 4.69) is 17.3 Å². The summed E-state index contributed by atoms with van der Waals surface area (Å²) in [6, 6.07) is 0. The van der Waals surface area contributed by atoms with Crippen LogP contribution in [0.1, 0.15) is 50.4 Å². The van der Waals surface area contributed by atoms with Crippen LogP contribution in [0.4, 0.5) is 0 Å². The van der Waals surface area contributed by atoms with Gasteiger partial charge in [0.2, 0.25) is 0 Å². The molecule has 1 saturated heterocycles. The number of halogens is 1. The summed E-state index contributed by atoms with van der Waals surface area (Å²) in [5.74, 6) is 0. The van der Waals surface area contributed by atoms with Crippen LogP contribution in [-0.4, -0.2) is 21.9 Å². The highest BCUT2D eigenvalue weighted by Crippen LogP contribution is 2.30. The molecule has 3 nitrogen and oxygen atoms in total. The number of rotatable bonds is 3. The number of nitrogens with zero attached hydrogens (tertiary/aromatic N) is 2. The van der Waals surface area contributed by atoms with Crippen molar-refractivity contribution in [1.29, 1.82) is 0 Å². The number of aryl methyl sites for hydroxylation is 2. The van der Waals surface area contributed by atoms with Crippen LogP contribution >= 0.6 is 11.6 Å². The molecule has 0 radical (unpaired) electrons. The molecule has 4 heteroatoms. The largest absolute Gasteiger partial charge is 0.311 e. The SMILES string of the molecule is CCC1(Cc2c(Cl)c(C)nn2C)CCCCCN1. The molecule has 0 aromatic carbocycles. The van der Waals surface area contributed by atoms with E-state index in [1.165, 1.54) is 31.4 Å². The van der Waals surface area contributed by atoms with Gasteiger partial charge in [0, 0.05) is 19.0 Å². The second-order valence-corrected chi connectivity index (χ2v) is 5.90. The van der Waals surface area contributed by atoms with Crippen molar-refractivity contribution < 1.29 is 0 Å². The topological polar surface area (TPSA) is 29.9 Å². The molecule has 18 heavy (non-hydrogen) atoms. The van der Waals surface area contributed by atoms with Gasteiger partial charge in [0.1, 0.15) is 0 Å². The number of hydrogen-bond donors (Lipinski definition) is 1. The van der Waals surface area contributed by atoms with Crippen LogP contribution in [0.15, 0.2) is 0 Å². The Hall–Kier alpha value is -0.540. The average molecular weight is 270 g/mol. The molecular weight excluding hydrogens is 246 g/mol. The second kappa shape index (κ2) is 5.62. The van der Waals surface area contributed by atoms with Gasteiger partial charge in [-0.1, -0.05) is 31.4 Å². The van der Waals surface area contributed by atoms with Gasteiger partial charge in [0.05, 0.1) is 16.4 Å². The Morgan fingerprint density at radius 3 is 2.78 bits per heavy atom. The molecule has 0 spiro atoms. The third-order valence-corrected chi connectivity index (χ3v) is 4.77. The maximum atomic E-state index is 6.38. The minimum atomic E-state index is 0.209. The first-order valence-electron chi connectivity index (χ1n) is 7.01. The van der Waals surface area contributed by atoms with E-state index in [0.717, 1.165) is 30.1 Å². The standard InChI is InChI=1S/C14H24ClN3/c1-4-14(8-6-5-7-9-16-14)10-12-13(15)11(2)17-18(12)3/h16H,4-10H2,1-3H3. The van der Waals surface area contributed by atoms with Crippen molar-refractivity contribution in [3.63, 3.8) is 0 Å². The van der Waals surface area contributed by atoms with Crippen LogP contribution in [-0.2, 0) is 13.5 Å². The normalized spacial score (nSPS) is 25.1. The van der Waals surface area contributed by atoms with Gasteiger partial charge in [-0.2, -0.15) is 5.10 Å². The fourth-order valence-electron chi connectivity index (χ4n) is 2.98. The Kier molecular flexibility index (Phi) is 4.33. The van der Waals surface area contributed by atoms with Gasteiger partial charge in [-0.3, -0.25) is 4.68 Å². The Labute approximate surface area is 115 Å². The maximum absolute atomic E-state index is 6.38. The summed E-state index contributed by atoms with van der Waals surface area (Å²) in [6.45, 7) is 5.38. The molecule has 1 aromatic heterocycles. The molecule has 2 heterocycles. The first-order valence-corrected chi connectivity index (χ1v) is 7.39. The molecule has 0 amide bonds. The fourth-order valence-corrected chi connectivity index (χ4v) is 3.20. The molecule has 1 atom stereocenters. The zero-order chi connectivity index (χ0) is 13.2. The van der Waals surface area contributed by atoms with Crippen molar-refractivity contribution in [2.75, 3.05) is 6.54 Å². The summed E-state index contributed by atoms with van der Waals surface area (Å²) in [7, 11) is 1.99. The van der Waals surface area contributed by atoms with Crippen molar-refractivity contribution in [3.05, 3.63) is 16.4 Å². The van der Waals surface area contributed by atoms with E-state index in [-0.39, 0.29) is 5.54 Å². The lowest BCUT2D eigenvalue weighted by molar-refractivity contribution is 0.296. The van der Waals surface area contributed by atoms with Gasteiger partial charge in [0.25, 0.3) is 0 Å². The highest BCUT2D eigenvalue weighted by atomic mass is 35.5. The Morgan fingerprint density at radius 1 is 1.39 bits per heavy atom. The number of hydrogen-bond acceptors (Lipinski definition) is 2. The minimum absolute atomic E-state index is 0.209. The van der Waals surface area contributed by atoms with E-state index >= 15 is 0 Å². The molecule has 1 unspecified atom stereocenters. The summed E-state index contributed by atoms with van der Waals surface area (Å²) in [5.41, 5.74) is 2.32. The zero-order valence-electron chi connectivity index (χ0n) is 11.7. The molecule has 0 saturated carbocycles. The summed E-state index contributed by atoms with van der Waals surface area (Å²) in [5, 5.41) is 9.02. The van der Waals surface area contributed by atoms with Crippen LogP contribution < -0.4 is 5.32 Å². The Balaban J connectivity index is 2.23. The first kappa shape index (κ1) is 13.9. The van der Waals surface area contributed by atoms with E-state index in [1.54, 1.807) is 0 Å². The maximum Gasteiger partial charge on any atom is 0.0847 e. The van der Waals surface area contributed by atoms with Crippen molar-refractivity contribution in [1.82, 2.24) is 15.1 Å². The Morgan fingerprint density at radius 2 is 2.17 bits per heavy atom. The third kappa shape index (κ3) is 2.72. The van der Waals surface area contributed by atoms with E-state index in [9.17, 15) is 0 Å². The van der Waals surface area contributed by atoms with Crippen molar-refractivity contribution in [3.8, 4) is 0 Å². The van der Waals surface area contributed by atoms with Gasteiger partial charge in [-0.05, 0) is 32.7 Å². The highest BCUT2D eigenvalue weighted by molar-refractivity contribution is 6.31. The number of nitrogens with one attached hydrogen (secondary N) is 1. The van der Waals surface area contributed by atoms with Crippen LogP contribution in [0.25, 0.3) is 0 Å². The molecule has 1 aliphatic rings. The van der Waals surface area contributed by atoms with Gasteiger partial charge in [-0.25, -0.2) is 0 Å². The van der Waals surface area contributed by atoms with E-state index in [1.807, 2.05) is 18.7 Å². The highest BCUT2D eigenvalue weighted by Gasteiger charge is 2.31. The first-order chi connectivity index (χ1) is 8.58. The van der Waals surface area contributed by atoms with Gasteiger partial charge in [0.15, 0.2) is 0 Å². The van der Waals surface area contributed by atoms with Crippen LogP contribution in [0.5, 0.6) is 0 Å². The summed E-state index contributed by atoms with van der Waals surface area (Å²) < 4.78 is 1.95. The number of aromatic nitrogens is 2. The molecule has 102 valence electrons. The lowest BCUT2D eigenvalue weighted by Crippen LogP contribution is -2.46. The van der Waals surface area contributed by atoms with E-state index in [0.29, 0.717) is 0 Å².